The average molecular weight is 303 g/mol. The van der Waals surface area contributed by atoms with Crippen LogP contribution in [-0.2, 0) is 0 Å². The molecule has 2 heteroatoms. The molecule has 1 rings (SSSR count). The van der Waals surface area contributed by atoms with Crippen molar-refractivity contribution in [1.82, 2.24) is 0 Å². The van der Waals surface area contributed by atoms with E-state index in [2.05, 4.69) is 59.1 Å². The average Bonchev–Trinajstić information content (AvgIpc) is 2.21. The van der Waals surface area contributed by atoms with Crippen LogP contribution in [0.2, 0.25) is 0 Å². The maximum atomic E-state index is 3.43. The number of benzene rings is 1. The van der Waals surface area contributed by atoms with E-state index in [-0.39, 0.29) is 0 Å². The first-order chi connectivity index (χ1) is 6.83. The van der Waals surface area contributed by atoms with Crippen LogP contribution in [0.4, 0.5) is 5.69 Å². The van der Waals surface area contributed by atoms with Gasteiger partial charge in [0.05, 0.1) is 0 Å². The summed E-state index contributed by atoms with van der Waals surface area (Å²) in [5.74, 6) is 0. The minimum atomic E-state index is 1.10. The maximum absolute atomic E-state index is 3.43. The van der Waals surface area contributed by atoms with Gasteiger partial charge in [-0.2, -0.15) is 0 Å². The zero-order valence-electron chi connectivity index (χ0n) is 8.72. The number of hydrogen-bond donors (Lipinski definition) is 1. The molecule has 0 heterocycles. The summed E-state index contributed by atoms with van der Waals surface area (Å²) in [5.41, 5.74) is 1.24. The van der Waals surface area contributed by atoms with E-state index in [1.54, 1.807) is 0 Å². The lowest BCUT2D eigenvalue weighted by molar-refractivity contribution is 0.685. The molecule has 0 radical (unpaired) electrons. The highest BCUT2D eigenvalue weighted by molar-refractivity contribution is 14.1. The second-order valence-corrected chi connectivity index (χ2v) is 4.74. The van der Waals surface area contributed by atoms with Crippen LogP contribution in [0.1, 0.15) is 32.6 Å². The molecule has 0 unspecified atom stereocenters. The first-order valence-corrected chi connectivity index (χ1v) is 6.40. The summed E-state index contributed by atoms with van der Waals surface area (Å²) in [6, 6.07) is 8.55. The van der Waals surface area contributed by atoms with Gasteiger partial charge in [-0.1, -0.05) is 26.2 Å². The first-order valence-electron chi connectivity index (χ1n) is 5.32. The van der Waals surface area contributed by atoms with Crippen molar-refractivity contribution in [2.75, 3.05) is 11.9 Å². The van der Waals surface area contributed by atoms with Crippen molar-refractivity contribution in [2.24, 2.45) is 0 Å². The number of hydrogen-bond acceptors (Lipinski definition) is 1. The number of nitrogens with one attached hydrogen (secondary N) is 1. The fourth-order valence-electron chi connectivity index (χ4n) is 1.35. The van der Waals surface area contributed by atoms with Gasteiger partial charge in [-0.3, -0.25) is 0 Å². The standard InChI is InChI=1S/C12H18IN/c1-2-3-4-5-10-14-12-8-6-11(13)7-9-12/h6-9,14H,2-5,10H2,1H3. The zero-order chi connectivity index (χ0) is 10.2. The topological polar surface area (TPSA) is 12.0 Å². The van der Waals surface area contributed by atoms with Crippen LogP contribution in [0, 0.1) is 3.57 Å². The molecular weight excluding hydrogens is 285 g/mol. The van der Waals surface area contributed by atoms with Crippen LogP contribution in [0.5, 0.6) is 0 Å². The molecule has 0 aliphatic carbocycles. The number of anilines is 1. The van der Waals surface area contributed by atoms with Gasteiger partial charge in [0.25, 0.3) is 0 Å². The third-order valence-electron chi connectivity index (χ3n) is 2.20. The predicted molar refractivity (Wildman–Crippen MR) is 71.8 cm³/mol. The van der Waals surface area contributed by atoms with Crippen molar-refractivity contribution in [2.45, 2.75) is 32.6 Å². The molecule has 1 aromatic rings. The zero-order valence-corrected chi connectivity index (χ0v) is 10.9. The fourth-order valence-corrected chi connectivity index (χ4v) is 1.71. The summed E-state index contributed by atoms with van der Waals surface area (Å²) in [7, 11) is 0. The second-order valence-electron chi connectivity index (χ2n) is 3.49. The van der Waals surface area contributed by atoms with Gasteiger partial charge < -0.3 is 5.32 Å². The Morgan fingerprint density at radius 2 is 1.79 bits per heavy atom. The molecule has 78 valence electrons. The fraction of sp³-hybridized carbons (Fsp3) is 0.500. The highest BCUT2D eigenvalue weighted by atomic mass is 127. The molecule has 0 atom stereocenters. The molecule has 0 saturated heterocycles. The van der Waals surface area contributed by atoms with Crippen LogP contribution in [0.15, 0.2) is 24.3 Å². The second kappa shape index (κ2) is 7.10. The van der Waals surface area contributed by atoms with Gasteiger partial charge in [0.2, 0.25) is 0 Å². The van der Waals surface area contributed by atoms with Crippen molar-refractivity contribution >= 4 is 28.3 Å². The van der Waals surface area contributed by atoms with Crippen LogP contribution in [0.25, 0.3) is 0 Å². The number of halogens is 1. The van der Waals surface area contributed by atoms with Crippen molar-refractivity contribution in [3.63, 3.8) is 0 Å². The van der Waals surface area contributed by atoms with Gasteiger partial charge in [0, 0.05) is 15.8 Å². The molecule has 1 nitrogen and oxygen atoms in total. The maximum Gasteiger partial charge on any atom is 0.0340 e. The Morgan fingerprint density at radius 1 is 1.07 bits per heavy atom. The minimum absolute atomic E-state index is 1.10. The lowest BCUT2D eigenvalue weighted by Crippen LogP contribution is -2.00. The quantitative estimate of drug-likeness (QED) is 0.611. The Morgan fingerprint density at radius 3 is 2.43 bits per heavy atom. The van der Waals surface area contributed by atoms with Gasteiger partial charge in [-0.05, 0) is 53.3 Å². The summed E-state index contributed by atoms with van der Waals surface area (Å²) in [5, 5.41) is 3.43. The van der Waals surface area contributed by atoms with E-state index in [9.17, 15) is 0 Å². The number of unbranched alkanes of at least 4 members (excludes halogenated alkanes) is 3. The van der Waals surface area contributed by atoms with Crippen molar-refractivity contribution in [3.05, 3.63) is 27.8 Å². The highest BCUT2D eigenvalue weighted by Crippen LogP contribution is 2.11. The SMILES string of the molecule is CCCCCCNc1ccc(I)cc1. The molecule has 0 aliphatic rings. The molecule has 0 saturated carbocycles. The summed E-state index contributed by atoms with van der Waals surface area (Å²) >= 11 is 2.32. The molecule has 0 bridgehead atoms. The van der Waals surface area contributed by atoms with Crippen molar-refractivity contribution in [3.8, 4) is 0 Å². The van der Waals surface area contributed by atoms with Gasteiger partial charge in [0.15, 0.2) is 0 Å². The Hall–Kier alpha value is -0.250. The largest absolute Gasteiger partial charge is 0.385 e. The van der Waals surface area contributed by atoms with Crippen LogP contribution in [-0.4, -0.2) is 6.54 Å². The Bertz CT molecular complexity index is 243. The third kappa shape index (κ3) is 4.84. The van der Waals surface area contributed by atoms with E-state index in [0.717, 1.165) is 6.54 Å². The molecule has 0 amide bonds. The molecular formula is C12H18IN. The minimum Gasteiger partial charge on any atom is -0.385 e. The van der Waals surface area contributed by atoms with Gasteiger partial charge in [-0.15, -0.1) is 0 Å². The van der Waals surface area contributed by atoms with E-state index in [1.165, 1.54) is 34.9 Å². The van der Waals surface area contributed by atoms with Gasteiger partial charge in [-0.25, -0.2) is 0 Å². The Balaban J connectivity index is 2.15. The lowest BCUT2D eigenvalue weighted by Gasteiger charge is -2.05. The lowest BCUT2D eigenvalue weighted by atomic mass is 10.2. The van der Waals surface area contributed by atoms with E-state index >= 15 is 0 Å². The third-order valence-corrected chi connectivity index (χ3v) is 2.92. The van der Waals surface area contributed by atoms with Crippen LogP contribution < -0.4 is 5.32 Å². The Kier molecular flexibility index (Phi) is 5.99. The highest BCUT2D eigenvalue weighted by Gasteiger charge is 1.91. The molecule has 0 aromatic heterocycles. The van der Waals surface area contributed by atoms with E-state index in [4.69, 9.17) is 0 Å². The van der Waals surface area contributed by atoms with Crippen molar-refractivity contribution in [1.29, 1.82) is 0 Å². The first kappa shape index (κ1) is 11.8. The van der Waals surface area contributed by atoms with Crippen molar-refractivity contribution < 1.29 is 0 Å². The summed E-state index contributed by atoms with van der Waals surface area (Å²) in [6.45, 7) is 3.34. The molecule has 14 heavy (non-hydrogen) atoms. The van der Waals surface area contributed by atoms with E-state index in [0.29, 0.717) is 0 Å². The number of rotatable bonds is 6. The summed E-state index contributed by atoms with van der Waals surface area (Å²) in [6.07, 6.45) is 5.28. The van der Waals surface area contributed by atoms with E-state index < -0.39 is 0 Å². The Labute approximate surface area is 100 Å². The molecule has 0 spiro atoms. The van der Waals surface area contributed by atoms with E-state index in [1.807, 2.05) is 0 Å². The molecule has 0 aliphatic heterocycles. The van der Waals surface area contributed by atoms with Crippen LogP contribution >= 0.6 is 22.6 Å². The monoisotopic (exact) mass is 303 g/mol. The molecule has 1 aromatic carbocycles. The summed E-state index contributed by atoms with van der Waals surface area (Å²) < 4.78 is 1.29. The predicted octanol–water partition coefficient (Wildman–Crippen LogP) is 4.28. The molecule has 1 N–H and O–H groups in total. The smallest absolute Gasteiger partial charge is 0.0340 e. The summed E-state index contributed by atoms with van der Waals surface area (Å²) in [4.78, 5) is 0. The van der Waals surface area contributed by atoms with Crippen LogP contribution in [0.3, 0.4) is 0 Å². The molecule has 0 fully saturated rings. The van der Waals surface area contributed by atoms with Gasteiger partial charge in [0.1, 0.15) is 0 Å². The van der Waals surface area contributed by atoms with Gasteiger partial charge >= 0.3 is 0 Å². The normalized spacial score (nSPS) is 10.1.